The van der Waals surface area contributed by atoms with E-state index in [0.717, 1.165) is 6.07 Å². The van der Waals surface area contributed by atoms with Gasteiger partial charge in [-0.1, -0.05) is 30.3 Å². The molecule has 0 aromatic heterocycles. The van der Waals surface area contributed by atoms with Crippen LogP contribution in [0, 0.1) is 17.0 Å². The van der Waals surface area contributed by atoms with E-state index in [1.54, 1.807) is 37.3 Å². The number of benzene rings is 2. The summed E-state index contributed by atoms with van der Waals surface area (Å²) in [6.45, 7) is 2.08. The predicted molar refractivity (Wildman–Crippen MR) is 103 cm³/mol. The molecule has 9 nitrogen and oxygen atoms in total. The lowest BCUT2D eigenvalue weighted by Gasteiger charge is -2.13. The number of amides is 1. The summed E-state index contributed by atoms with van der Waals surface area (Å²) in [7, 11) is 0. The third kappa shape index (κ3) is 6.42. The van der Waals surface area contributed by atoms with Crippen molar-refractivity contribution in [1.82, 2.24) is 5.32 Å². The van der Waals surface area contributed by atoms with Crippen molar-refractivity contribution in [3.63, 3.8) is 0 Å². The maximum Gasteiger partial charge on any atom is 0.328 e. The quantitative estimate of drug-likeness (QED) is 0.296. The number of carbonyl (C=O) groups excluding carboxylic acids is 3. The fourth-order valence-corrected chi connectivity index (χ4v) is 2.33. The van der Waals surface area contributed by atoms with Gasteiger partial charge in [0.1, 0.15) is 11.8 Å². The van der Waals surface area contributed by atoms with Crippen molar-refractivity contribution in [2.75, 3.05) is 13.2 Å². The normalized spacial score (nSPS) is 11.2. The summed E-state index contributed by atoms with van der Waals surface area (Å²) in [6.07, 6.45) is 0. The average molecular weight is 400 g/mol. The van der Waals surface area contributed by atoms with Crippen molar-refractivity contribution in [3.8, 4) is 5.75 Å². The molecule has 2 rings (SSSR count). The van der Waals surface area contributed by atoms with Crippen LogP contribution in [0.25, 0.3) is 0 Å². The molecule has 1 atom stereocenters. The summed E-state index contributed by atoms with van der Waals surface area (Å²) in [5.74, 6) is -1.42. The van der Waals surface area contributed by atoms with Crippen molar-refractivity contribution < 1.29 is 28.8 Å². The van der Waals surface area contributed by atoms with Crippen LogP contribution in [0.3, 0.4) is 0 Å². The Balaban J connectivity index is 1.82. The molecule has 0 heterocycles. The summed E-state index contributed by atoms with van der Waals surface area (Å²) >= 11 is 0. The maximum absolute atomic E-state index is 12.1. The molecule has 9 heteroatoms. The van der Waals surface area contributed by atoms with Crippen LogP contribution in [0.15, 0.2) is 48.5 Å². The van der Waals surface area contributed by atoms with Gasteiger partial charge in [-0.25, -0.2) is 4.79 Å². The van der Waals surface area contributed by atoms with E-state index in [-0.39, 0.29) is 17.9 Å². The van der Waals surface area contributed by atoms with Crippen LogP contribution in [0.4, 0.5) is 5.69 Å². The van der Waals surface area contributed by atoms with Crippen molar-refractivity contribution in [1.29, 1.82) is 0 Å². The molecule has 0 spiro atoms. The van der Waals surface area contributed by atoms with Crippen molar-refractivity contribution >= 4 is 23.3 Å². The van der Waals surface area contributed by atoms with Gasteiger partial charge in [0.25, 0.3) is 11.6 Å². The molecule has 29 heavy (non-hydrogen) atoms. The van der Waals surface area contributed by atoms with Crippen molar-refractivity contribution in [3.05, 3.63) is 69.8 Å². The molecule has 1 amide bonds. The highest BCUT2D eigenvalue weighted by Crippen LogP contribution is 2.19. The fraction of sp³-hybridized carbons (Fsp3) is 0.250. The first-order chi connectivity index (χ1) is 13.8. The highest BCUT2D eigenvalue weighted by molar-refractivity contribution is 5.99. The van der Waals surface area contributed by atoms with Gasteiger partial charge in [-0.2, -0.15) is 0 Å². The first kappa shape index (κ1) is 21.5. The smallest absolute Gasteiger partial charge is 0.328 e. The minimum absolute atomic E-state index is 0.0584. The summed E-state index contributed by atoms with van der Waals surface area (Å²) < 4.78 is 10.2. The van der Waals surface area contributed by atoms with Gasteiger partial charge in [0.2, 0.25) is 5.78 Å². The first-order valence-electron chi connectivity index (χ1n) is 8.70. The number of esters is 1. The minimum Gasteiger partial charge on any atom is -0.484 e. The number of para-hydroxylation sites is 1. The van der Waals surface area contributed by atoms with Crippen LogP contribution >= 0.6 is 0 Å². The lowest BCUT2D eigenvalue weighted by Crippen LogP contribution is -2.42. The first-order valence-corrected chi connectivity index (χ1v) is 8.70. The molecule has 1 N–H and O–H groups in total. The van der Waals surface area contributed by atoms with Gasteiger partial charge in [0.15, 0.2) is 13.2 Å². The van der Waals surface area contributed by atoms with E-state index in [2.05, 4.69) is 5.32 Å². The minimum atomic E-state index is -0.998. The number of ether oxygens (including phenoxy) is 2. The molecule has 0 saturated heterocycles. The van der Waals surface area contributed by atoms with E-state index in [4.69, 9.17) is 9.47 Å². The van der Waals surface area contributed by atoms with Crippen LogP contribution in [-0.2, 0) is 14.3 Å². The maximum atomic E-state index is 12.1. The van der Waals surface area contributed by atoms with Gasteiger partial charge in [-0.05, 0) is 26.0 Å². The van der Waals surface area contributed by atoms with Crippen LogP contribution in [0.2, 0.25) is 0 Å². The van der Waals surface area contributed by atoms with Gasteiger partial charge < -0.3 is 14.8 Å². The monoisotopic (exact) mass is 400 g/mol. The van der Waals surface area contributed by atoms with Gasteiger partial charge in [0, 0.05) is 17.2 Å². The number of nitro groups is 1. The molecular formula is C20H20N2O7. The molecule has 152 valence electrons. The number of Topliss-reactive ketones (excluding diaryl/α,β-unsaturated/α-hetero) is 1. The van der Waals surface area contributed by atoms with E-state index < -0.39 is 35.2 Å². The second kappa shape index (κ2) is 9.98. The molecule has 2 aromatic rings. The number of carbonyl (C=O) groups is 3. The summed E-state index contributed by atoms with van der Waals surface area (Å²) in [4.78, 5) is 46.3. The van der Waals surface area contributed by atoms with Crippen LogP contribution < -0.4 is 10.1 Å². The number of aryl methyl sites for hydroxylation is 1. The molecule has 0 aliphatic heterocycles. The summed E-state index contributed by atoms with van der Waals surface area (Å²) in [6, 6.07) is 11.7. The molecule has 0 radical (unpaired) electrons. The third-order valence-corrected chi connectivity index (χ3v) is 3.92. The van der Waals surface area contributed by atoms with Crippen molar-refractivity contribution in [2.45, 2.75) is 19.9 Å². The Kier molecular flexibility index (Phi) is 7.41. The number of rotatable bonds is 9. The number of nitrogens with zero attached hydrogens (tertiary/aromatic N) is 1. The molecule has 0 saturated carbocycles. The Morgan fingerprint density at radius 2 is 1.79 bits per heavy atom. The van der Waals surface area contributed by atoms with E-state index in [9.17, 15) is 24.5 Å². The zero-order valence-electron chi connectivity index (χ0n) is 15.9. The number of nitrogens with one attached hydrogen (secondary N) is 1. The molecule has 2 aromatic carbocycles. The van der Waals surface area contributed by atoms with Crippen LogP contribution in [0.5, 0.6) is 5.75 Å². The lowest BCUT2D eigenvalue weighted by atomic mass is 10.1. The summed E-state index contributed by atoms with van der Waals surface area (Å²) in [5, 5.41) is 13.4. The Bertz CT molecular complexity index is 912. The summed E-state index contributed by atoms with van der Waals surface area (Å²) in [5.41, 5.74) is 0.280. The number of nitro benzene ring substituents is 1. The molecule has 0 bridgehead atoms. The number of hydrogen-bond donors (Lipinski definition) is 1. The Labute approximate surface area is 166 Å². The number of ketones is 1. The second-order valence-corrected chi connectivity index (χ2v) is 6.18. The van der Waals surface area contributed by atoms with E-state index in [0.29, 0.717) is 11.3 Å². The second-order valence-electron chi connectivity index (χ2n) is 6.18. The van der Waals surface area contributed by atoms with E-state index >= 15 is 0 Å². The Morgan fingerprint density at radius 1 is 1.10 bits per heavy atom. The lowest BCUT2D eigenvalue weighted by molar-refractivity contribution is -0.385. The highest BCUT2D eigenvalue weighted by atomic mass is 16.6. The largest absolute Gasteiger partial charge is 0.484 e. The average Bonchev–Trinajstić information content (AvgIpc) is 2.71. The van der Waals surface area contributed by atoms with Gasteiger partial charge in [-0.15, -0.1) is 0 Å². The standard InChI is InChI=1S/C20H20N2O7/c1-13-8-9-15(10-17(13)22(26)27)18(23)11-29-20(25)14(2)21-19(24)12-28-16-6-4-3-5-7-16/h3-10,14H,11-12H2,1-2H3,(H,21,24)/t14-/m0/s1. The van der Waals surface area contributed by atoms with E-state index in [1.807, 2.05) is 0 Å². The third-order valence-electron chi connectivity index (χ3n) is 3.92. The van der Waals surface area contributed by atoms with E-state index in [1.165, 1.54) is 19.1 Å². The SMILES string of the molecule is Cc1ccc(C(=O)COC(=O)[C@H](C)NC(=O)COc2ccccc2)cc1[N+](=O)[O-]. The molecule has 0 fully saturated rings. The van der Waals surface area contributed by atoms with Gasteiger partial charge >= 0.3 is 5.97 Å². The Morgan fingerprint density at radius 3 is 2.45 bits per heavy atom. The van der Waals surface area contributed by atoms with Gasteiger partial charge in [0.05, 0.1) is 4.92 Å². The number of hydrogen-bond acceptors (Lipinski definition) is 7. The fourth-order valence-electron chi connectivity index (χ4n) is 2.33. The Hall–Kier alpha value is -3.75. The highest BCUT2D eigenvalue weighted by Gasteiger charge is 2.20. The van der Waals surface area contributed by atoms with Crippen LogP contribution in [-0.4, -0.2) is 41.8 Å². The topological polar surface area (TPSA) is 125 Å². The zero-order chi connectivity index (χ0) is 21.4. The molecular weight excluding hydrogens is 380 g/mol. The van der Waals surface area contributed by atoms with Crippen molar-refractivity contribution in [2.24, 2.45) is 0 Å². The zero-order valence-corrected chi connectivity index (χ0v) is 15.9. The van der Waals surface area contributed by atoms with Gasteiger partial charge in [-0.3, -0.25) is 19.7 Å². The molecule has 0 aliphatic rings. The predicted octanol–water partition coefficient (Wildman–Crippen LogP) is 2.21. The molecule has 0 aliphatic carbocycles. The molecule has 0 unspecified atom stereocenters. The van der Waals surface area contributed by atoms with Crippen LogP contribution in [0.1, 0.15) is 22.8 Å².